The van der Waals surface area contributed by atoms with Crippen molar-refractivity contribution >= 4 is 27.4 Å². The molecule has 1 rings (SSSR count). The smallest absolute Gasteiger partial charge is 0.264 e. The van der Waals surface area contributed by atoms with Crippen molar-refractivity contribution in [2.24, 2.45) is 0 Å². The minimum absolute atomic E-state index is 0.0800. The second-order valence-electron chi connectivity index (χ2n) is 3.48. The number of nitrogens with two attached hydrogens (primary N) is 1. The fourth-order valence-corrected chi connectivity index (χ4v) is 2.10. The van der Waals surface area contributed by atoms with Crippen molar-refractivity contribution in [1.82, 2.24) is 4.72 Å². The Morgan fingerprint density at radius 1 is 1.24 bits per heavy atom. The predicted octanol–water partition coefficient (Wildman–Crippen LogP) is 0.0528. The summed E-state index contributed by atoms with van der Waals surface area (Å²) in [5, 5.41) is 0. The number of hydrogen-bond donors (Lipinski definition) is 2. The van der Waals surface area contributed by atoms with Gasteiger partial charge in [-0.2, -0.15) is 0 Å². The summed E-state index contributed by atoms with van der Waals surface area (Å²) in [5.74, 6) is -1.26. The number of amides is 1. The number of benzene rings is 1. The second kappa shape index (κ2) is 4.96. The molecule has 0 radical (unpaired) electrons. The molecular weight excluding hydrogens is 244 g/mol. The Balaban J connectivity index is 2.86. The summed E-state index contributed by atoms with van der Waals surface area (Å²) in [6.45, 7) is 1.20. The average Bonchev–Trinajstić information content (AvgIpc) is 2.15. The van der Waals surface area contributed by atoms with Gasteiger partial charge in [0.05, 0.1) is 11.3 Å². The van der Waals surface area contributed by atoms with Crippen LogP contribution in [0.2, 0.25) is 0 Å². The minimum atomic E-state index is -3.93. The molecule has 6 nitrogen and oxygen atoms in total. The van der Waals surface area contributed by atoms with Crippen molar-refractivity contribution < 1.29 is 18.0 Å². The topological polar surface area (TPSA) is 106 Å². The Morgan fingerprint density at radius 2 is 1.76 bits per heavy atom. The highest BCUT2D eigenvalue weighted by atomic mass is 32.2. The quantitative estimate of drug-likeness (QED) is 0.585. The number of ketones is 1. The summed E-state index contributed by atoms with van der Waals surface area (Å²) < 4.78 is 25.1. The Hall–Kier alpha value is -1.89. The van der Waals surface area contributed by atoms with Crippen LogP contribution in [0, 0.1) is 0 Å². The number of nitrogens with one attached hydrogen (secondary N) is 1. The lowest BCUT2D eigenvalue weighted by Crippen LogP contribution is -2.31. The first kappa shape index (κ1) is 13.2. The predicted molar refractivity (Wildman–Crippen MR) is 61.5 cm³/mol. The molecule has 0 aliphatic rings. The first-order valence-corrected chi connectivity index (χ1v) is 6.20. The van der Waals surface area contributed by atoms with Crippen molar-refractivity contribution in [3.63, 3.8) is 0 Å². The molecule has 0 atom stereocenters. The van der Waals surface area contributed by atoms with Crippen molar-refractivity contribution in [3.05, 3.63) is 24.3 Å². The molecule has 0 bridgehead atoms. The van der Waals surface area contributed by atoms with E-state index in [9.17, 15) is 18.0 Å². The van der Waals surface area contributed by atoms with Gasteiger partial charge in [-0.1, -0.05) is 0 Å². The molecule has 7 heteroatoms. The van der Waals surface area contributed by atoms with Crippen LogP contribution in [0.15, 0.2) is 29.2 Å². The van der Waals surface area contributed by atoms with Gasteiger partial charge in [0.25, 0.3) is 10.0 Å². The largest absolute Gasteiger partial charge is 0.399 e. The van der Waals surface area contributed by atoms with E-state index in [1.807, 2.05) is 0 Å². The third-order valence-corrected chi connectivity index (χ3v) is 3.24. The maximum absolute atomic E-state index is 11.7. The minimum Gasteiger partial charge on any atom is -0.399 e. The van der Waals surface area contributed by atoms with Gasteiger partial charge >= 0.3 is 0 Å². The molecule has 0 aliphatic heterocycles. The van der Waals surface area contributed by atoms with Crippen LogP contribution in [0.4, 0.5) is 5.69 Å². The van der Waals surface area contributed by atoms with Gasteiger partial charge in [0, 0.05) is 5.69 Å². The fourth-order valence-electron chi connectivity index (χ4n) is 1.12. The summed E-state index contributed by atoms with van der Waals surface area (Å²) in [4.78, 5) is 21.7. The fraction of sp³-hybridized carbons (Fsp3) is 0.200. The third kappa shape index (κ3) is 3.87. The first-order valence-electron chi connectivity index (χ1n) is 4.72. The Morgan fingerprint density at radius 3 is 2.24 bits per heavy atom. The molecule has 1 amide bonds. The van der Waals surface area contributed by atoms with Gasteiger partial charge in [0.15, 0.2) is 0 Å². The Bertz CT molecular complexity index is 534. The monoisotopic (exact) mass is 256 g/mol. The van der Waals surface area contributed by atoms with Crippen LogP contribution in [0.3, 0.4) is 0 Å². The van der Waals surface area contributed by atoms with E-state index in [2.05, 4.69) is 0 Å². The van der Waals surface area contributed by atoms with E-state index < -0.39 is 28.1 Å². The summed E-state index contributed by atoms with van der Waals surface area (Å²) in [5.41, 5.74) is 5.83. The number of carbonyl (C=O) groups is 2. The van der Waals surface area contributed by atoms with E-state index in [-0.39, 0.29) is 4.90 Å². The lowest BCUT2D eigenvalue weighted by atomic mass is 10.3. The van der Waals surface area contributed by atoms with Crippen LogP contribution < -0.4 is 10.5 Å². The Kier molecular flexibility index (Phi) is 3.84. The molecule has 0 aliphatic carbocycles. The van der Waals surface area contributed by atoms with Crippen LogP contribution in [0.5, 0.6) is 0 Å². The number of nitrogen functional groups attached to an aromatic ring is 1. The van der Waals surface area contributed by atoms with Crippen molar-refractivity contribution in [1.29, 1.82) is 0 Å². The normalized spacial score (nSPS) is 10.9. The van der Waals surface area contributed by atoms with E-state index >= 15 is 0 Å². The summed E-state index contributed by atoms with van der Waals surface area (Å²) >= 11 is 0. The third-order valence-electron chi connectivity index (χ3n) is 1.85. The van der Waals surface area contributed by atoms with Gasteiger partial charge in [-0.3, -0.25) is 9.59 Å². The first-order chi connectivity index (χ1) is 7.81. The maximum Gasteiger partial charge on any atom is 0.264 e. The van der Waals surface area contributed by atoms with E-state index in [0.717, 1.165) is 0 Å². The highest BCUT2D eigenvalue weighted by Crippen LogP contribution is 2.11. The number of sulfonamides is 1. The van der Waals surface area contributed by atoms with Gasteiger partial charge in [0.2, 0.25) is 5.91 Å². The maximum atomic E-state index is 11.7. The molecular formula is C10H12N2O4S. The number of Topliss-reactive ketones (excluding diaryl/α,β-unsaturated/α-hetero) is 1. The standard InChI is InChI=1S/C10H12N2O4S/c1-7(13)6-10(14)12-17(15,16)9-4-2-8(11)3-5-9/h2-5H,6,11H2,1H3,(H,12,14). The van der Waals surface area contributed by atoms with Crippen LogP contribution in [-0.2, 0) is 19.6 Å². The average molecular weight is 256 g/mol. The van der Waals surface area contributed by atoms with E-state index in [1.54, 1.807) is 4.72 Å². The van der Waals surface area contributed by atoms with Crippen molar-refractivity contribution in [2.45, 2.75) is 18.2 Å². The van der Waals surface area contributed by atoms with Gasteiger partial charge < -0.3 is 5.73 Å². The molecule has 92 valence electrons. The zero-order chi connectivity index (χ0) is 13.1. The van der Waals surface area contributed by atoms with Gasteiger partial charge in [-0.05, 0) is 31.2 Å². The molecule has 0 saturated heterocycles. The van der Waals surface area contributed by atoms with E-state index in [0.29, 0.717) is 5.69 Å². The number of hydrogen-bond acceptors (Lipinski definition) is 5. The highest BCUT2D eigenvalue weighted by molar-refractivity contribution is 7.90. The zero-order valence-corrected chi connectivity index (χ0v) is 9.95. The Labute approximate surface area is 98.9 Å². The second-order valence-corrected chi connectivity index (χ2v) is 5.16. The lowest BCUT2D eigenvalue weighted by Gasteiger charge is -2.05. The molecule has 1 aromatic carbocycles. The van der Waals surface area contributed by atoms with E-state index in [4.69, 9.17) is 5.73 Å². The molecule has 0 fully saturated rings. The van der Waals surface area contributed by atoms with Crippen LogP contribution in [0.1, 0.15) is 13.3 Å². The number of anilines is 1. The molecule has 17 heavy (non-hydrogen) atoms. The van der Waals surface area contributed by atoms with Crippen molar-refractivity contribution in [2.75, 3.05) is 5.73 Å². The van der Waals surface area contributed by atoms with Gasteiger partial charge in [0.1, 0.15) is 5.78 Å². The SMILES string of the molecule is CC(=O)CC(=O)NS(=O)(=O)c1ccc(N)cc1. The van der Waals surface area contributed by atoms with Gasteiger partial charge in [-0.15, -0.1) is 0 Å². The summed E-state index contributed by atoms with van der Waals surface area (Å²) in [6, 6.07) is 5.37. The summed E-state index contributed by atoms with van der Waals surface area (Å²) in [6.07, 6.45) is -0.464. The number of rotatable bonds is 4. The summed E-state index contributed by atoms with van der Waals surface area (Å²) in [7, 11) is -3.93. The number of carbonyl (C=O) groups excluding carboxylic acids is 2. The molecule has 0 spiro atoms. The van der Waals surface area contributed by atoms with Crippen LogP contribution in [-0.4, -0.2) is 20.1 Å². The van der Waals surface area contributed by atoms with Crippen molar-refractivity contribution in [3.8, 4) is 0 Å². The van der Waals surface area contributed by atoms with E-state index in [1.165, 1.54) is 31.2 Å². The molecule has 0 aromatic heterocycles. The molecule has 1 aromatic rings. The molecule has 0 unspecified atom stereocenters. The molecule has 0 saturated carbocycles. The highest BCUT2D eigenvalue weighted by Gasteiger charge is 2.17. The lowest BCUT2D eigenvalue weighted by molar-refractivity contribution is -0.126. The zero-order valence-electron chi connectivity index (χ0n) is 9.14. The van der Waals surface area contributed by atoms with Crippen LogP contribution in [0.25, 0.3) is 0 Å². The molecule has 3 N–H and O–H groups in total. The molecule has 0 heterocycles. The van der Waals surface area contributed by atoms with Crippen LogP contribution >= 0.6 is 0 Å². The van der Waals surface area contributed by atoms with Gasteiger partial charge in [-0.25, -0.2) is 13.1 Å².